The molecule has 0 bridgehead atoms. The number of aromatic nitrogens is 4. The number of anilines is 1. The maximum atomic E-state index is 14.9. The number of nitrogens with one attached hydrogen (secondary N) is 1. The van der Waals surface area contributed by atoms with Gasteiger partial charge in [0.15, 0.2) is 21.3 Å². The fraction of sp³-hybridized carbons (Fsp3) is 0.333. The van der Waals surface area contributed by atoms with E-state index in [0.29, 0.717) is 24.4 Å². The molecule has 3 heterocycles. The van der Waals surface area contributed by atoms with Crippen LogP contribution in [0.1, 0.15) is 25.3 Å². The molecule has 210 valence electrons. The molecule has 4 aromatic rings. The number of hydrogen-bond acceptors (Lipinski definition) is 11. The van der Waals surface area contributed by atoms with Crippen molar-refractivity contribution < 1.29 is 27.1 Å². The SMILES string of the molecule is CC(CCO)S(=O)(=O)c1ccc(-c2cnc(N)c(-c3nnc(-c4ccc(CN[C@H]5CCOC5)cc4F)o3)n2)cc1. The summed E-state index contributed by atoms with van der Waals surface area (Å²) >= 11 is 0. The number of hydrogen-bond donors (Lipinski definition) is 3. The van der Waals surface area contributed by atoms with Crippen LogP contribution < -0.4 is 11.1 Å². The van der Waals surface area contributed by atoms with E-state index in [1.54, 1.807) is 31.2 Å². The van der Waals surface area contributed by atoms with Crippen LogP contribution in [-0.2, 0) is 21.1 Å². The van der Waals surface area contributed by atoms with E-state index < -0.39 is 20.9 Å². The van der Waals surface area contributed by atoms with Crippen molar-refractivity contribution in [3.63, 3.8) is 0 Å². The summed E-state index contributed by atoms with van der Waals surface area (Å²) in [6.07, 6.45) is 2.51. The van der Waals surface area contributed by atoms with Gasteiger partial charge in [-0.05, 0) is 49.6 Å². The van der Waals surface area contributed by atoms with Crippen molar-refractivity contribution in [1.82, 2.24) is 25.5 Å². The first-order valence-corrected chi connectivity index (χ1v) is 14.3. The lowest BCUT2D eigenvalue weighted by Gasteiger charge is -2.12. The summed E-state index contributed by atoms with van der Waals surface area (Å²) in [6, 6.07) is 11.2. The Kier molecular flexibility index (Phi) is 8.17. The molecule has 11 nitrogen and oxygen atoms in total. The Hall–Kier alpha value is -3.78. The van der Waals surface area contributed by atoms with Crippen LogP contribution in [0.15, 0.2) is 58.0 Å². The number of nitrogens with two attached hydrogens (primary N) is 1. The summed E-state index contributed by atoms with van der Waals surface area (Å²) in [5.74, 6) is -0.540. The van der Waals surface area contributed by atoms with E-state index in [4.69, 9.17) is 20.0 Å². The highest BCUT2D eigenvalue weighted by Gasteiger charge is 2.23. The number of nitrogens with zero attached hydrogens (tertiary/aromatic N) is 4. The maximum absolute atomic E-state index is 14.9. The van der Waals surface area contributed by atoms with Gasteiger partial charge in [-0.25, -0.2) is 22.8 Å². The maximum Gasteiger partial charge on any atom is 0.270 e. The molecule has 0 saturated carbocycles. The highest BCUT2D eigenvalue weighted by molar-refractivity contribution is 7.92. The van der Waals surface area contributed by atoms with E-state index in [1.165, 1.54) is 24.4 Å². The van der Waals surface area contributed by atoms with Gasteiger partial charge in [-0.2, -0.15) is 0 Å². The van der Waals surface area contributed by atoms with Crippen LogP contribution in [0, 0.1) is 5.82 Å². The van der Waals surface area contributed by atoms with Crippen molar-refractivity contribution in [2.75, 3.05) is 25.6 Å². The molecule has 0 radical (unpaired) electrons. The van der Waals surface area contributed by atoms with Crippen molar-refractivity contribution in [2.24, 2.45) is 0 Å². The van der Waals surface area contributed by atoms with Crippen LogP contribution in [0.5, 0.6) is 0 Å². The zero-order chi connectivity index (χ0) is 28.3. The molecule has 2 atom stereocenters. The number of rotatable bonds is 10. The first-order valence-electron chi connectivity index (χ1n) is 12.8. The lowest BCUT2D eigenvalue weighted by atomic mass is 10.1. The summed E-state index contributed by atoms with van der Waals surface area (Å²) in [6.45, 7) is 3.22. The van der Waals surface area contributed by atoms with Gasteiger partial charge in [0.05, 0.1) is 34.2 Å². The van der Waals surface area contributed by atoms with Crippen molar-refractivity contribution in [1.29, 1.82) is 0 Å². The van der Waals surface area contributed by atoms with Gasteiger partial charge in [-0.15, -0.1) is 10.2 Å². The summed E-state index contributed by atoms with van der Waals surface area (Å²) < 4.78 is 51.4. The van der Waals surface area contributed by atoms with Crippen LogP contribution >= 0.6 is 0 Å². The molecule has 2 aromatic heterocycles. The molecule has 1 saturated heterocycles. The number of nitrogen functional groups attached to an aromatic ring is 1. The smallest absolute Gasteiger partial charge is 0.270 e. The summed E-state index contributed by atoms with van der Waals surface area (Å²) in [5.41, 5.74) is 8.05. The summed E-state index contributed by atoms with van der Waals surface area (Å²) in [7, 11) is -3.58. The van der Waals surface area contributed by atoms with E-state index in [2.05, 4.69) is 25.5 Å². The monoisotopic (exact) mass is 568 g/mol. The van der Waals surface area contributed by atoms with Gasteiger partial charge in [0.1, 0.15) is 5.82 Å². The number of aliphatic hydroxyl groups is 1. The first-order chi connectivity index (χ1) is 19.3. The molecular weight excluding hydrogens is 539 g/mol. The number of halogens is 1. The van der Waals surface area contributed by atoms with Gasteiger partial charge in [0, 0.05) is 31.4 Å². The van der Waals surface area contributed by atoms with Crippen LogP contribution in [0.3, 0.4) is 0 Å². The average Bonchev–Trinajstić information content (AvgIpc) is 3.65. The van der Waals surface area contributed by atoms with E-state index in [1.807, 2.05) is 0 Å². The number of aliphatic hydroxyl groups excluding tert-OH is 1. The summed E-state index contributed by atoms with van der Waals surface area (Å²) in [5, 5.41) is 19.7. The predicted octanol–water partition coefficient (Wildman–Crippen LogP) is 3.01. The van der Waals surface area contributed by atoms with E-state index >= 15 is 0 Å². The van der Waals surface area contributed by atoms with Crippen molar-refractivity contribution >= 4 is 15.7 Å². The fourth-order valence-corrected chi connectivity index (χ4v) is 5.70. The largest absolute Gasteiger partial charge is 0.414 e. The molecule has 1 unspecified atom stereocenters. The molecule has 4 N–H and O–H groups in total. The second kappa shape index (κ2) is 11.8. The molecule has 5 rings (SSSR count). The van der Waals surface area contributed by atoms with E-state index in [-0.39, 0.29) is 52.8 Å². The van der Waals surface area contributed by atoms with Gasteiger partial charge in [-0.1, -0.05) is 18.2 Å². The zero-order valence-corrected chi connectivity index (χ0v) is 22.6. The Bertz CT molecular complexity index is 1590. The summed E-state index contributed by atoms with van der Waals surface area (Å²) in [4.78, 5) is 8.81. The lowest BCUT2D eigenvalue weighted by molar-refractivity contribution is 0.190. The molecule has 40 heavy (non-hydrogen) atoms. The normalized spacial score (nSPS) is 16.3. The second-order valence-corrected chi connectivity index (χ2v) is 11.9. The molecule has 0 amide bonds. The Labute approximate surface area is 230 Å². The Balaban J connectivity index is 1.35. The second-order valence-electron chi connectivity index (χ2n) is 9.55. The lowest BCUT2D eigenvalue weighted by Crippen LogP contribution is -2.28. The van der Waals surface area contributed by atoms with Gasteiger partial charge >= 0.3 is 0 Å². The first kappa shape index (κ1) is 27.8. The minimum Gasteiger partial charge on any atom is -0.414 e. The van der Waals surface area contributed by atoms with Crippen LogP contribution in [0.2, 0.25) is 0 Å². The van der Waals surface area contributed by atoms with Crippen LogP contribution in [0.25, 0.3) is 34.3 Å². The Morgan fingerprint density at radius 1 is 1.18 bits per heavy atom. The third-order valence-electron chi connectivity index (χ3n) is 6.76. The molecule has 1 aliphatic rings. The molecule has 2 aromatic carbocycles. The van der Waals surface area contributed by atoms with Crippen molar-refractivity contribution in [3.8, 4) is 34.3 Å². The highest BCUT2D eigenvalue weighted by atomic mass is 32.2. The topological polar surface area (TPSA) is 166 Å². The zero-order valence-electron chi connectivity index (χ0n) is 21.7. The highest BCUT2D eigenvalue weighted by Crippen LogP contribution is 2.30. The third kappa shape index (κ3) is 5.87. The Morgan fingerprint density at radius 3 is 2.65 bits per heavy atom. The standard InChI is InChI=1S/C27H29FN6O5S/c1-16(8-10-35)40(36,37)20-5-3-18(4-6-20)23-14-31-25(29)24(32-23)27-34-33-26(39-27)21-7-2-17(12-22(21)28)13-30-19-9-11-38-15-19/h2-7,12,14,16,19,30,35H,8-11,13,15H2,1H3,(H2,29,31)/t16?,19-/m0/s1. The predicted molar refractivity (Wildman–Crippen MR) is 145 cm³/mol. The van der Waals surface area contributed by atoms with Crippen molar-refractivity contribution in [2.45, 2.75) is 42.5 Å². The molecule has 13 heteroatoms. The van der Waals surface area contributed by atoms with Crippen molar-refractivity contribution in [3.05, 3.63) is 60.0 Å². The van der Waals surface area contributed by atoms with Gasteiger partial charge in [-0.3, -0.25) is 0 Å². The minimum atomic E-state index is -3.58. The number of ether oxygens (including phenoxy) is 1. The number of benzene rings is 2. The van der Waals surface area contributed by atoms with E-state index in [9.17, 15) is 12.8 Å². The van der Waals surface area contributed by atoms with Gasteiger partial charge < -0.3 is 25.3 Å². The molecule has 0 aliphatic carbocycles. The third-order valence-corrected chi connectivity index (χ3v) is 8.99. The van der Waals surface area contributed by atoms with Crippen LogP contribution in [-0.4, -0.2) is 64.8 Å². The molecule has 1 aliphatic heterocycles. The minimum absolute atomic E-state index is 0.0330. The Morgan fingerprint density at radius 2 is 1.95 bits per heavy atom. The quantitative estimate of drug-likeness (QED) is 0.257. The average molecular weight is 569 g/mol. The van der Waals surface area contributed by atoms with E-state index in [0.717, 1.165) is 18.6 Å². The van der Waals surface area contributed by atoms with Gasteiger partial charge in [0.25, 0.3) is 11.8 Å². The molecular formula is C27H29FN6O5S. The molecule has 1 fully saturated rings. The van der Waals surface area contributed by atoms with Crippen LogP contribution in [0.4, 0.5) is 10.2 Å². The number of sulfone groups is 1. The molecule has 0 spiro atoms. The fourth-order valence-electron chi connectivity index (χ4n) is 4.31. The van der Waals surface area contributed by atoms with Gasteiger partial charge in [0.2, 0.25) is 0 Å².